The van der Waals surface area contributed by atoms with Crippen molar-refractivity contribution in [2.75, 3.05) is 5.32 Å². The van der Waals surface area contributed by atoms with Gasteiger partial charge in [0.1, 0.15) is 11.6 Å². The quantitative estimate of drug-likeness (QED) is 0.769. The Labute approximate surface area is 78.8 Å². The van der Waals surface area contributed by atoms with Gasteiger partial charge in [-0.3, -0.25) is 0 Å². The van der Waals surface area contributed by atoms with E-state index in [2.05, 4.69) is 34.1 Å². The fourth-order valence-corrected chi connectivity index (χ4v) is 1.00. The number of rotatable bonds is 3. The van der Waals surface area contributed by atoms with Crippen molar-refractivity contribution >= 4 is 5.95 Å². The van der Waals surface area contributed by atoms with Gasteiger partial charge in [0.2, 0.25) is 5.95 Å². The molecule has 0 aliphatic carbocycles. The van der Waals surface area contributed by atoms with E-state index >= 15 is 0 Å². The molecule has 13 heavy (non-hydrogen) atoms. The monoisotopic (exact) mass is 180 g/mol. The zero-order valence-electron chi connectivity index (χ0n) is 8.63. The Morgan fingerprint density at radius 3 is 2.15 bits per heavy atom. The Balaban J connectivity index is 2.77. The molecule has 1 heterocycles. The van der Waals surface area contributed by atoms with Gasteiger partial charge in [-0.1, -0.05) is 6.92 Å². The van der Waals surface area contributed by atoms with Gasteiger partial charge >= 0.3 is 0 Å². The summed E-state index contributed by atoms with van der Waals surface area (Å²) in [4.78, 5) is 12.5. The van der Waals surface area contributed by atoms with Crippen LogP contribution in [0.5, 0.6) is 0 Å². The Morgan fingerprint density at radius 2 is 1.69 bits per heavy atom. The third-order valence-electron chi connectivity index (χ3n) is 1.85. The van der Waals surface area contributed by atoms with Crippen LogP contribution >= 0.6 is 0 Å². The van der Waals surface area contributed by atoms with Crippen LogP contribution in [-0.4, -0.2) is 21.0 Å². The molecule has 1 N–H and O–H groups in total. The van der Waals surface area contributed by atoms with E-state index in [0.717, 1.165) is 18.1 Å². The van der Waals surface area contributed by atoms with E-state index in [4.69, 9.17) is 0 Å². The van der Waals surface area contributed by atoms with Crippen molar-refractivity contribution in [2.45, 2.75) is 40.2 Å². The Kier molecular flexibility index (Phi) is 3.17. The summed E-state index contributed by atoms with van der Waals surface area (Å²) in [6, 6.07) is 0.404. The topological polar surface area (TPSA) is 50.7 Å². The summed E-state index contributed by atoms with van der Waals surface area (Å²) >= 11 is 0. The van der Waals surface area contributed by atoms with Crippen LogP contribution in [0.2, 0.25) is 0 Å². The molecule has 0 bridgehead atoms. The molecule has 1 aromatic heterocycles. The molecule has 0 radical (unpaired) electrons. The van der Waals surface area contributed by atoms with Crippen LogP contribution in [0.25, 0.3) is 0 Å². The van der Waals surface area contributed by atoms with Crippen molar-refractivity contribution in [2.24, 2.45) is 0 Å². The molecule has 1 rings (SSSR count). The van der Waals surface area contributed by atoms with Crippen LogP contribution in [0.4, 0.5) is 5.95 Å². The van der Waals surface area contributed by atoms with Gasteiger partial charge < -0.3 is 5.32 Å². The van der Waals surface area contributed by atoms with Crippen molar-refractivity contribution in [1.82, 2.24) is 15.0 Å². The zero-order chi connectivity index (χ0) is 9.84. The second-order valence-electron chi connectivity index (χ2n) is 3.21. The molecule has 0 amide bonds. The standard InChI is InChI=1S/C9H16N4/c1-5-6(2)10-9-12-7(3)11-8(4)13-9/h6H,5H2,1-4H3,(H,10,11,12,13)/t6-/m0/s1. The van der Waals surface area contributed by atoms with Crippen LogP contribution < -0.4 is 5.32 Å². The smallest absolute Gasteiger partial charge is 0.226 e. The van der Waals surface area contributed by atoms with Crippen LogP contribution in [0.1, 0.15) is 31.9 Å². The minimum absolute atomic E-state index is 0.404. The highest BCUT2D eigenvalue weighted by Crippen LogP contribution is 2.03. The second kappa shape index (κ2) is 4.16. The van der Waals surface area contributed by atoms with Gasteiger partial charge in [-0.25, -0.2) is 4.98 Å². The van der Waals surface area contributed by atoms with Crippen molar-refractivity contribution in [3.63, 3.8) is 0 Å². The second-order valence-corrected chi connectivity index (χ2v) is 3.21. The molecule has 0 aliphatic rings. The maximum Gasteiger partial charge on any atom is 0.226 e. The zero-order valence-corrected chi connectivity index (χ0v) is 8.63. The van der Waals surface area contributed by atoms with Gasteiger partial charge in [0.15, 0.2) is 0 Å². The fourth-order valence-electron chi connectivity index (χ4n) is 1.00. The van der Waals surface area contributed by atoms with Gasteiger partial charge in [-0.05, 0) is 27.2 Å². The molecular formula is C9H16N4. The minimum atomic E-state index is 0.404. The van der Waals surface area contributed by atoms with Crippen molar-refractivity contribution < 1.29 is 0 Å². The Bertz CT molecular complexity index is 265. The van der Waals surface area contributed by atoms with E-state index in [1.807, 2.05) is 13.8 Å². The predicted octanol–water partition coefficient (Wildman–Crippen LogP) is 1.70. The molecule has 0 unspecified atom stereocenters. The van der Waals surface area contributed by atoms with Crippen LogP contribution in [0, 0.1) is 13.8 Å². The van der Waals surface area contributed by atoms with E-state index in [1.54, 1.807) is 0 Å². The molecule has 0 saturated heterocycles. The summed E-state index contributed by atoms with van der Waals surface area (Å²) in [5, 5.41) is 3.21. The van der Waals surface area contributed by atoms with Crippen LogP contribution in [0.15, 0.2) is 0 Å². The summed E-state index contributed by atoms with van der Waals surface area (Å²) in [5.74, 6) is 2.20. The molecule has 0 spiro atoms. The number of aromatic nitrogens is 3. The highest BCUT2D eigenvalue weighted by Gasteiger charge is 2.02. The van der Waals surface area contributed by atoms with Crippen molar-refractivity contribution in [1.29, 1.82) is 0 Å². The van der Waals surface area contributed by atoms with Crippen molar-refractivity contribution in [3.8, 4) is 0 Å². The molecule has 72 valence electrons. The maximum atomic E-state index is 4.19. The lowest BCUT2D eigenvalue weighted by atomic mass is 10.3. The van der Waals surface area contributed by atoms with E-state index in [1.165, 1.54) is 0 Å². The number of aryl methyl sites for hydroxylation is 2. The average molecular weight is 180 g/mol. The number of nitrogens with one attached hydrogen (secondary N) is 1. The summed E-state index contributed by atoms with van der Waals surface area (Å²) < 4.78 is 0. The first-order valence-corrected chi connectivity index (χ1v) is 4.57. The van der Waals surface area contributed by atoms with Crippen LogP contribution in [0.3, 0.4) is 0 Å². The highest BCUT2D eigenvalue weighted by molar-refractivity contribution is 5.25. The molecular weight excluding hydrogens is 164 g/mol. The summed E-state index contributed by atoms with van der Waals surface area (Å²) in [5.41, 5.74) is 0. The molecule has 1 atom stereocenters. The number of anilines is 1. The fraction of sp³-hybridized carbons (Fsp3) is 0.667. The first kappa shape index (κ1) is 9.89. The summed E-state index contributed by atoms with van der Waals surface area (Å²) in [6.07, 6.45) is 1.06. The molecule has 0 fully saturated rings. The SMILES string of the molecule is CC[C@H](C)Nc1nc(C)nc(C)n1. The molecule has 1 aromatic rings. The van der Waals surface area contributed by atoms with Gasteiger partial charge in [0.05, 0.1) is 0 Å². The van der Waals surface area contributed by atoms with E-state index in [9.17, 15) is 0 Å². The van der Waals surface area contributed by atoms with E-state index < -0.39 is 0 Å². The lowest BCUT2D eigenvalue weighted by molar-refractivity contribution is 0.745. The normalized spacial score (nSPS) is 12.6. The molecule has 0 aliphatic heterocycles. The van der Waals surface area contributed by atoms with E-state index in [-0.39, 0.29) is 0 Å². The lowest BCUT2D eigenvalue weighted by Gasteiger charge is -2.11. The lowest BCUT2D eigenvalue weighted by Crippen LogP contribution is -2.16. The number of nitrogens with zero attached hydrogens (tertiary/aromatic N) is 3. The first-order chi connectivity index (χ1) is 6.11. The molecule has 0 saturated carbocycles. The van der Waals surface area contributed by atoms with Gasteiger partial charge in [0, 0.05) is 6.04 Å². The molecule has 4 heteroatoms. The molecule has 4 nitrogen and oxygen atoms in total. The Hall–Kier alpha value is -1.19. The maximum absolute atomic E-state index is 4.19. The van der Waals surface area contributed by atoms with Gasteiger partial charge in [-0.15, -0.1) is 0 Å². The third-order valence-corrected chi connectivity index (χ3v) is 1.85. The third kappa shape index (κ3) is 2.97. The number of hydrogen-bond acceptors (Lipinski definition) is 4. The van der Waals surface area contributed by atoms with Crippen molar-refractivity contribution in [3.05, 3.63) is 11.6 Å². The van der Waals surface area contributed by atoms with Gasteiger partial charge in [-0.2, -0.15) is 9.97 Å². The van der Waals surface area contributed by atoms with Gasteiger partial charge in [0.25, 0.3) is 0 Å². The molecule has 0 aromatic carbocycles. The predicted molar refractivity (Wildman–Crippen MR) is 52.7 cm³/mol. The Morgan fingerprint density at radius 1 is 1.15 bits per heavy atom. The summed E-state index contributed by atoms with van der Waals surface area (Å²) in [6.45, 7) is 7.97. The summed E-state index contributed by atoms with van der Waals surface area (Å²) in [7, 11) is 0. The van der Waals surface area contributed by atoms with E-state index in [0.29, 0.717) is 12.0 Å². The largest absolute Gasteiger partial charge is 0.352 e. The van der Waals surface area contributed by atoms with Crippen LogP contribution in [-0.2, 0) is 0 Å². The minimum Gasteiger partial charge on any atom is -0.352 e. The highest BCUT2D eigenvalue weighted by atomic mass is 15.2. The number of hydrogen-bond donors (Lipinski definition) is 1. The average Bonchev–Trinajstić information content (AvgIpc) is 2.02. The first-order valence-electron chi connectivity index (χ1n) is 4.57.